The molecule has 0 amide bonds. The lowest BCUT2D eigenvalue weighted by Gasteiger charge is -2.43. The Hall–Kier alpha value is -0.160. The van der Waals surface area contributed by atoms with Gasteiger partial charge in [-0.1, -0.05) is 0 Å². The third-order valence-corrected chi connectivity index (χ3v) is 3.77. The second-order valence-electron chi connectivity index (χ2n) is 6.41. The van der Waals surface area contributed by atoms with Crippen molar-refractivity contribution in [2.24, 2.45) is 5.73 Å². The molecule has 0 aromatic heterocycles. The summed E-state index contributed by atoms with van der Waals surface area (Å²) in [5.41, 5.74) is 5.36. The molecule has 0 aromatic rings. The highest BCUT2D eigenvalue weighted by molar-refractivity contribution is 4.86. The molecule has 0 saturated carbocycles. The molecule has 1 aliphatic heterocycles. The lowest BCUT2D eigenvalue weighted by molar-refractivity contribution is 0.0288. The summed E-state index contributed by atoms with van der Waals surface area (Å²) in [6.45, 7) is 14.2. The van der Waals surface area contributed by atoms with Gasteiger partial charge in [0.25, 0.3) is 0 Å². The van der Waals surface area contributed by atoms with E-state index in [0.29, 0.717) is 6.54 Å². The van der Waals surface area contributed by atoms with Crippen LogP contribution in [0.1, 0.15) is 34.1 Å². The fraction of sp³-hybridized carbons (Fsp3) is 1.00. The SMILES string of the molecule is CC(C)(O)CCN1CCN(C(C)(C)CN)CC1. The van der Waals surface area contributed by atoms with E-state index in [2.05, 4.69) is 23.6 Å². The minimum atomic E-state index is -0.548. The lowest BCUT2D eigenvalue weighted by Crippen LogP contribution is -2.57. The topological polar surface area (TPSA) is 52.7 Å². The summed E-state index contributed by atoms with van der Waals surface area (Å²) in [4.78, 5) is 4.90. The quantitative estimate of drug-likeness (QED) is 0.738. The number of rotatable bonds is 5. The second kappa shape index (κ2) is 5.65. The van der Waals surface area contributed by atoms with Crippen molar-refractivity contribution in [3.8, 4) is 0 Å². The number of hydrogen-bond donors (Lipinski definition) is 2. The van der Waals surface area contributed by atoms with Crippen LogP contribution < -0.4 is 5.73 Å². The predicted molar refractivity (Wildman–Crippen MR) is 72.1 cm³/mol. The molecule has 0 spiro atoms. The number of aliphatic hydroxyl groups is 1. The highest BCUT2D eigenvalue weighted by Gasteiger charge is 2.28. The molecule has 1 aliphatic rings. The lowest BCUT2D eigenvalue weighted by atomic mass is 10.0. The van der Waals surface area contributed by atoms with Gasteiger partial charge in [0.1, 0.15) is 0 Å². The van der Waals surface area contributed by atoms with Crippen LogP contribution in [-0.2, 0) is 0 Å². The molecule has 0 unspecified atom stereocenters. The predicted octanol–water partition coefficient (Wildman–Crippen LogP) is 0.502. The van der Waals surface area contributed by atoms with E-state index in [0.717, 1.165) is 39.1 Å². The van der Waals surface area contributed by atoms with Gasteiger partial charge in [-0.3, -0.25) is 4.90 Å². The Morgan fingerprint density at radius 1 is 1.06 bits per heavy atom. The van der Waals surface area contributed by atoms with Gasteiger partial charge >= 0.3 is 0 Å². The fourth-order valence-electron chi connectivity index (χ4n) is 2.14. The zero-order valence-corrected chi connectivity index (χ0v) is 11.9. The van der Waals surface area contributed by atoms with Gasteiger partial charge in [0.05, 0.1) is 5.60 Å². The molecule has 0 aromatic carbocycles. The van der Waals surface area contributed by atoms with Gasteiger partial charge in [-0.2, -0.15) is 0 Å². The Balaban J connectivity index is 2.31. The Morgan fingerprint density at radius 2 is 1.59 bits per heavy atom. The first kappa shape index (κ1) is 14.9. The van der Waals surface area contributed by atoms with E-state index >= 15 is 0 Å². The summed E-state index contributed by atoms with van der Waals surface area (Å²) in [6.07, 6.45) is 0.841. The minimum Gasteiger partial charge on any atom is -0.390 e. The van der Waals surface area contributed by atoms with Gasteiger partial charge in [-0.15, -0.1) is 0 Å². The third kappa shape index (κ3) is 4.92. The monoisotopic (exact) mass is 243 g/mol. The maximum absolute atomic E-state index is 9.71. The molecular formula is C13H29N3O. The van der Waals surface area contributed by atoms with Crippen LogP contribution in [0.4, 0.5) is 0 Å². The van der Waals surface area contributed by atoms with Crippen LogP contribution in [0, 0.1) is 0 Å². The zero-order chi connectivity index (χ0) is 13.1. The van der Waals surface area contributed by atoms with Crippen LogP contribution in [-0.4, -0.2) is 65.3 Å². The van der Waals surface area contributed by atoms with Crippen molar-refractivity contribution >= 4 is 0 Å². The first-order valence-electron chi connectivity index (χ1n) is 6.64. The van der Waals surface area contributed by atoms with Crippen LogP contribution in [0.5, 0.6) is 0 Å². The average molecular weight is 243 g/mol. The summed E-state index contributed by atoms with van der Waals surface area (Å²) < 4.78 is 0. The molecule has 1 fully saturated rings. The minimum absolute atomic E-state index is 0.113. The maximum atomic E-state index is 9.71. The molecule has 1 heterocycles. The van der Waals surface area contributed by atoms with E-state index in [4.69, 9.17) is 5.73 Å². The van der Waals surface area contributed by atoms with E-state index in [1.807, 2.05) is 13.8 Å². The first-order valence-corrected chi connectivity index (χ1v) is 6.64. The van der Waals surface area contributed by atoms with Crippen LogP contribution in [0.15, 0.2) is 0 Å². The van der Waals surface area contributed by atoms with E-state index in [1.165, 1.54) is 0 Å². The zero-order valence-electron chi connectivity index (χ0n) is 11.9. The smallest absolute Gasteiger partial charge is 0.0603 e. The van der Waals surface area contributed by atoms with Crippen molar-refractivity contribution < 1.29 is 5.11 Å². The number of nitrogens with zero attached hydrogens (tertiary/aromatic N) is 2. The first-order chi connectivity index (χ1) is 7.74. The largest absolute Gasteiger partial charge is 0.390 e. The summed E-state index contributed by atoms with van der Waals surface area (Å²) in [7, 11) is 0. The second-order valence-corrected chi connectivity index (χ2v) is 6.41. The normalized spacial score (nSPS) is 20.8. The molecule has 0 radical (unpaired) electrons. The average Bonchev–Trinajstić information content (AvgIpc) is 2.26. The van der Waals surface area contributed by atoms with E-state index in [-0.39, 0.29) is 5.54 Å². The molecule has 102 valence electrons. The van der Waals surface area contributed by atoms with Gasteiger partial charge in [-0.25, -0.2) is 0 Å². The molecule has 1 saturated heterocycles. The molecule has 3 N–H and O–H groups in total. The number of piperazine rings is 1. The van der Waals surface area contributed by atoms with Crippen molar-refractivity contribution in [1.82, 2.24) is 9.80 Å². The van der Waals surface area contributed by atoms with Gasteiger partial charge in [0.2, 0.25) is 0 Å². The van der Waals surface area contributed by atoms with Gasteiger partial charge < -0.3 is 15.7 Å². The molecule has 17 heavy (non-hydrogen) atoms. The molecule has 4 heteroatoms. The van der Waals surface area contributed by atoms with Crippen molar-refractivity contribution in [1.29, 1.82) is 0 Å². The molecule has 0 aliphatic carbocycles. The highest BCUT2D eigenvalue weighted by atomic mass is 16.3. The third-order valence-electron chi connectivity index (χ3n) is 3.77. The number of nitrogens with two attached hydrogens (primary N) is 1. The van der Waals surface area contributed by atoms with Crippen LogP contribution in [0.25, 0.3) is 0 Å². The Morgan fingerprint density at radius 3 is 2.00 bits per heavy atom. The van der Waals surface area contributed by atoms with Crippen molar-refractivity contribution in [3.63, 3.8) is 0 Å². The fourth-order valence-corrected chi connectivity index (χ4v) is 2.14. The molecule has 1 rings (SSSR count). The number of hydrogen-bond acceptors (Lipinski definition) is 4. The van der Waals surface area contributed by atoms with Gasteiger partial charge in [-0.05, 0) is 34.1 Å². The molecule has 0 bridgehead atoms. The van der Waals surface area contributed by atoms with Crippen LogP contribution in [0.3, 0.4) is 0 Å². The van der Waals surface area contributed by atoms with Crippen molar-refractivity contribution in [3.05, 3.63) is 0 Å². The molecule has 0 atom stereocenters. The van der Waals surface area contributed by atoms with E-state index in [9.17, 15) is 5.11 Å². The van der Waals surface area contributed by atoms with Gasteiger partial charge in [0.15, 0.2) is 0 Å². The van der Waals surface area contributed by atoms with E-state index < -0.39 is 5.60 Å². The summed E-state index contributed by atoms with van der Waals surface area (Å²) in [6, 6.07) is 0. The maximum Gasteiger partial charge on any atom is 0.0603 e. The summed E-state index contributed by atoms with van der Waals surface area (Å²) in [5, 5.41) is 9.71. The van der Waals surface area contributed by atoms with E-state index in [1.54, 1.807) is 0 Å². The highest BCUT2D eigenvalue weighted by Crippen LogP contribution is 2.16. The summed E-state index contributed by atoms with van der Waals surface area (Å²) in [5.74, 6) is 0. The van der Waals surface area contributed by atoms with Gasteiger partial charge in [0, 0.05) is 44.8 Å². The standard InChI is InChI=1S/C13H29N3O/c1-12(2,11-14)16-9-7-15(8-10-16)6-5-13(3,4)17/h17H,5-11,14H2,1-4H3. The Labute approximate surface area is 106 Å². The Bertz CT molecular complexity index is 227. The molecule has 4 nitrogen and oxygen atoms in total. The Kier molecular flexibility index (Phi) is 4.95. The van der Waals surface area contributed by atoms with Crippen molar-refractivity contribution in [2.75, 3.05) is 39.3 Å². The summed E-state index contributed by atoms with van der Waals surface area (Å²) >= 11 is 0. The molecular weight excluding hydrogens is 214 g/mol. The van der Waals surface area contributed by atoms with Crippen molar-refractivity contribution in [2.45, 2.75) is 45.3 Å². The van der Waals surface area contributed by atoms with Crippen LogP contribution >= 0.6 is 0 Å². The van der Waals surface area contributed by atoms with Crippen LogP contribution in [0.2, 0.25) is 0 Å².